The number of hydrogen-bond donors (Lipinski definition) is 0. The predicted octanol–water partition coefficient (Wildman–Crippen LogP) is 10.5. The van der Waals surface area contributed by atoms with Gasteiger partial charge in [0, 0.05) is 34.5 Å². The first kappa shape index (κ1) is 26.9. The Bertz CT molecular complexity index is 2050. The average molecular weight is 578 g/mol. The van der Waals surface area contributed by atoms with Crippen LogP contribution in [0.15, 0.2) is 152 Å². The second kappa shape index (κ2) is 10.8. The highest BCUT2D eigenvalue weighted by molar-refractivity contribution is 5.85. The molecule has 0 amide bonds. The summed E-state index contributed by atoms with van der Waals surface area (Å²) in [5.74, 6) is 0.708. The van der Waals surface area contributed by atoms with E-state index in [-0.39, 0.29) is 5.41 Å². The van der Waals surface area contributed by atoms with Crippen molar-refractivity contribution in [1.82, 2.24) is 15.0 Å². The molecule has 3 heteroatoms. The molecule has 0 saturated carbocycles. The lowest BCUT2D eigenvalue weighted by atomic mass is 9.82. The number of benzene rings is 5. The molecule has 0 bridgehead atoms. The summed E-state index contributed by atoms with van der Waals surface area (Å²) >= 11 is 0. The molecule has 0 saturated heterocycles. The zero-order valence-corrected chi connectivity index (χ0v) is 25.3. The summed E-state index contributed by atoms with van der Waals surface area (Å²) in [6.45, 7) is 4.62. The topological polar surface area (TPSA) is 38.7 Å². The lowest BCUT2D eigenvalue weighted by Crippen LogP contribution is -2.14. The fourth-order valence-electron chi connectivity index (χ4n) is 6.56. The minimum atomic E-state index is -0.0387. The van der Waals surface area contributed by atoms with E-state index in [1.807, 2.05) is 18.3 Å². The van der Waals surface area contributed by atoms with Crippen LogP contribution < -0.4 is 0 Å². The van der Waals surface area contributed by atoms with Gasteiger partial charge in [-0.1, -0.05) is 135 Å². The maximum Gasteiger partial charge on any atom is 0.160 e. The fraction of sp³-hybridized carbons (Fsp3) is 0.0714. The third-order valence-electron chi connectivity index (χ3n) is 9.03. The number of fused-ring (bicyclic) bond motifs is 3. The van der Waals surface area contributed by atoms with Crippen LogP contribution in [-0.4, -0.2) is 15.0 Å². The van der Waals surface area contributed by atoms with E-state index >= 15 is 0 Å². The lowest BCUT2D eigenvalue weighted by Gasteiger charge is -2.21. The number of nitrogens with zero attached hydrogens (tertiary/aromatic N) is 3. The zero-order chi connectivity index (χ0) is 30.4. The van der Waals surface area contributed by atoms with Crippen molar-refractivity contribution in [2.45, 2.75) is 19.3 Å². The van der Waals surface area contributed by atoms with Crippen LogP contribution in [0.25, 0.3) is 67.3 Å². The third kappa shape index (κ3) is 4.83. The van der Waals surface area contributed by atoms with Gasteiger partial charge in [-0.2, -0.15) is 0 Å². The van der Waals surface area contributed by atoms with Crippen LogP contribution in [0.2, 0.25) is 0 Å². The largest absolute Gasteiger partial charge is 0.264 e. The molecular formula is C42H31N3. The van der Waals surface area contributed by atoms with Gasteiger partial charge >= 0.3 is 0 Å². The molecule has 0 atom stereocenters. The Labute approximate surface area is 264 Å². The predicted molar refractivity (Wildman–Crippen MR) is 185 cm³/mol. The standard InChI is InChI=1S/C42H31N3/c1-42(2)37-13-7-6-12-35(37)36-25-33(22-23-38(36)42)40-26-39(31-18-14-30(15-19-31)34-11-8-24-43-27-34)44-41(45-40)32-20-16-29(17-21-32)28-9-4-3-5-10-28/h3-27H,1-2H3. The van der Waals surface area contributed by atoms with Crippen LogP contribution in [0.5, 0.6) is 0 Å². The van der Waals surface area contributed by atoms with Crippen molar-refractivity contribution in [3.05, 3.63) is 163 Å². The summed E-state index contributed by atoms with van der Waals surface area (Å²) in [6, 6.07) is 49.3. The van der Waals surface area contributed by atoms with E-state index in [9.17, 15) is 0 Å². The van der Waals surface area contributed by atoms with Crippen molar-refractivity contribution in [2.24, 2.45) is 0 Å². The summed E-state index contributed by atoms with van der Waals surface area (Å²) in [5, 5.41) is 0. The SMILES string of the molecule is CC1(C)c2ccccc2-c2cc(-c3cc(-c4ccc(-c5cccnc5)cc4)nc(-c4ccc(-c5ccccc5)cc4)n3)ccc21. The molecular weight excluding hydrogens is 546 g/mol. The van der Waals surface area contributed by atoms with Gasteiger partial charge in [-0.25, -0.2) is 9.97 Å². The summed E-state index contributed by atoms with van der Waals surface area (Å²) in [5.41, 5.74) is 14.7. The van der Waals surface area contributed by atoms with Gasteiger partial charge in [0.15, 0.2) is 5.82 Å². The molecule has 0 unspecified atom stereocenters. The first-order valence-electron chi connectivity index (χ1n) is 15.4. The smallest absolute Gasteiger partial charge is 0.160 e. The molecule has 2 aromatic heterocycles. The highest BCUT2D eigenvalue weighted by atomic mass is 14.9. The van der Waals surface area contributed by atoms with E-state index in [1.54, 1.807) is 6.20 Å². The molecule has 8 rings (SSSR count). The maximum absolute atomic E-state index is 5.17. The zero-order valence-electron chi connectivity index (χ0n) is 25.3. The van der Waals surface area contributed by atoms with Crippen LogP contribution in [0.3, 0.4) is 0 Å². The Kier molecular flexibility index (Phi) is 6.46. The van der Waals surface area contributed by atoms with Gasteiger partial charge < -0.3 is 0 Å². The van der Waals surface area contributed by atoms with Gasteiger partial charge in [0.25, 0.3) is 0 Å². The summed E-state index contributed by atoms with van der Waals surface area (Å²) < 4.78 is 0. The van der Waals surface area contributed by atoms with Crippen LogP contribution >= 0.6 is 0 Å². The quantitative estimate of drug-likeness (QED) is 0.204. The van der Waals surface area contributed by atoms with Gasteiger partial charge in [0.1, 0.15) is 0 Å². The molecule has 5 aromatic carbocycles. The van der Waals surface area contributed by atoms with E-state index in [0.717, 1.165) is 39.2 Å². The second-order valence-corrected chi connectivity index (χ2v) is 12.2. The van der Waals surface area contributed by atoms with Gasteiger partial charge in [0.05, 0.1) is 11.4 Å². The molecule has 0 fully saturated rings. The molecule has 2 heterocycles. The number of aromatic nitrogens is 3. The molecule has 1 aliphatic carbocycles. The van der Waals surface area contributed by atoms with Gasteiger partial charge in [-0.3, -0.25) is 4.98 Å². The Hall–Kier alpha value is -5.67. The molecule has 214 valence electrons. The monoisotopic (exact) mass is 577 g/mol. The first-order valence-corrected chi connectivity index (χ1v) is 15.4. The van der Waals surface area contributed by atoms with Crippen LogP contribution in [0, 0.1) is 0 Å². The molecule has 0 aliphatic heterocycles. The first-order chi connectivity index (χ1) is 22.0. The molecule has 0 spiro atoms. The van der Waals surface area contributed by atoms with Crippen molar-refractivity contribution < 1.29 is 0 Å². The number of rotatable bonds is 5. The van der Waals surface area contributed by atoms with Crippen molar-refractivity contribution in [3.63, 3.8) is 0 Å². The average Bonchev–Trinajstić information content (AvgIpc) is 3.34. The summed E-state index contributed by atoms with van der Waals surface area (Å²) in [6.07, 6.45) is 3.69. The number of pyridine rings is 1. The van der Waals surface area contributed by atoms with Crippen molar-refractivity contribution in [3.8, 4) is 67.3 Å². The Morgan fingerprint density at radius 1 is 0.422 bits per heavy atom. The van der Waals surface area contributed by atoms with Gasteiger partial charge in [-0.05, 0) is 62.7 Å². The van der Waals surface area contributed by atoms with Crippen LogP contribution in [0.1, 0.15) is 25.0 Å². The van der Waals surface area contributed by atoms with Crippen molar-refractivity contribution in [1.29, 1.82) is 0 Å². The minimum absolute atomic E-state index is 0.0387. The Morgan fingerprint density at radius 2 is 0.978 bits per heavy atom. The highest BCUT2D eigenvalue weighted by Crippen LogP contribution is 2.49. The summed E-state index contributed by atoms with van der Waals surface area (Å²) in [7, 11) is 0. The number of hydrogen-bond acceptors (Lipinski definition) is 3. The molecule has 0 N–H and O–H groups in total. The van der Waals surface area contributed by atoms with E-state index in [4.69, 9.17) is 9.97 Å². The molecule has 7 aromatic rings. The van der Waals surface area contributed by atoms with Crippen LogP contribution in [-0.2, 0) is 5.41 Å². The lowest BCUT2D eigenvalue weighted by molar-refractivity contribution is 0.660. The molecule has 3 nitrogen and oxygen atoms in total. The fourth-order valence-corrected chi connectivity index (χ4v) is 6.56. The molecule has 0 radical (unpaired) electrons. The minimum Gasteiger partial charge on any atom is -0.264 e. The maximum atomic E-state index is 5.17. The second-order valence-electron chi connectivity index (χ2n) is 12.2. The van der Waals surface area contributed by atoms with E-state index in [1.165, 1.54) is 33.4 Å². The summed E-state index contributed by atoms with van der Waals surface area (Å²) in [4.78, 5) is 14.6. The molecule has 1 aliphatic rings. The highest BCUT2D eigenvalue weighted by Gasteiger charge is 2.35. The van der Waals surface area contributed by atoms with Crippen molar-refractivity contribution in [2.75, 3.05) is 0 Å². The normalized spacial score (nSPS) is 12.8. The Morgan fingerprint density at radius 3 is 1.71 bits per heavy atom. The van der Waals surface area contributed by atoms with Gasteiger partial charge in [-0.15, -0.1) is 0 Å². The molecule has 45 heavy (non-hydrogen) atoms. The van der Waals surface area contributed by atoms with Gasteiger partial charge in [0.2, 0.25) is 0 Å². The van der Waals surface area contributed by atoms with E-state index in [2.05, 4.69) is 146 Å². The Balaban J connectivity index is 1.25. The van der Waals surface area contributed by atoms with E-state index in [0.29, 0.717) is 5.82 Å². The van der Waals surface area contributed by atoms with Crippen LogP contribution in [0.4, 0.5) is 0 Å². The third-order valence-corrected chi connectivity index (χ3v) is 9.03. The van der Waals surface area contributed by atoms with E-state index < -0.39 is 0 Å². The van der Waals surface area contributed by atoms with Crippen molar-refractivity contribution >= 4 is 0 Å².